The molecule has 1 aliphatic carbocycles. The van der Waals surface area contributed by atoms with E-state index in [-0.39, 0.29) is 24.2 Å². The molecule has 1 unspecified atom stereocenters. The Morgan fingerprint density at radius 2 is 2.03 bits per heavy atom. The van der Waals surface area contributed by atoms with Crippen LogP contribution < -0.4 is 15.6 Å². The highest BCUT2D eigenvalue weighted by molar-refractivity contribution is 7.80. The molecule has 0 bridgehead atoms. The molecule has 4 aromatic rings. The second kappa shape index (κ2) is 8.33. The number of aromatic nitrogens is 5. The Morgan fingerprint density at radius 3 is 2.62 bits per heavy atom. The van der Waals surface area contributed by atoms with Crippen LogP contribution in [0.2, 0.25) is 0 Å². The highest BCUT2D eigenvalue weighted by Gasteiger charge is 2.51. The van der Waals surface area contributed by atoms with Gasteiger partial charge in [-0.3, -0.25) is 27.5 Å². The summed E-state index contributed by atoms with van der Waals surface area (Å²) in [5, 5.41) is 7.89. The zero-order valence-electron chi connectivity index (χ0n) is 18.1. The third kappa shape index (κ3) is 3.76. The monoisotopic (exact) mass is 488 g/mol. The van der Waals surface area contributed by atoms with Crippen LogP contribution >= 0.6 is 0 Å². The number of hydrogen-bond donors (Lipinski definition) is 1. The lowest BCUT2D eigenvalue weighted by Gasteiger charge is -2.28. The van der Waals surface area contributed by atoms with Crippen LogP contribution in [0.1, 0.15) is 24.2 Å². The van der Waals surface area contributed by atoms with Gasteiger partial charge in [-0.1, -0.05) is 5.16 Å². The summed E-state index contributed by atoms with van der Waals surface area (Å²) in [7, 11) is 1.73. The standard InChI is InChI=1S/C21H21FN6O5S/c1-25-10-14(9-23-25)11-27-19(29)17-8-15(28(34(31)32)21(13-22)5-6-21)2-3-18(17)26(20(27)30)12-16-4-7-24-33-16/h2-4,7-10H,5-6,11-13H2,1H3,(H,31,32). The van der Waals surface area contributed by atoms with E-state index in [4.69, 9.17) is 4.52 Å². The van der Waals surface area contributed by atoms with E-state index in [0.29, 0.717) is 29.7 Å². The zero-order chi connectivity index (χ0) is 24.0. The largest absolute Gasteiger partial charge is 0.359 e. The molecule has 1 N–H and O–H groups in total. The van der Waals surface area contributed by atoms with E-state index in [1.165, 1.54) is 29.0 Å². The summed E-state index contributed by atoms with van der Waals surface area (Å²) < 4.78 is 46.0. The molecule has 3 aromatic heterocycles. The Bertz CT molecular complexity index is 1500. The van der Waals surface area contributed by atoms with Gasteiger partial charge in [0, 0.05) is 24.9 Å². The van der Waals surface area contributed by atoms with Crippen molar-refractivity contribution in [2.45, 2.75) is 31.5 Å². The van der Waals surface area contributed by atoms with Gasteiger partial charge in [-0.2, -0.15) is 5.10 Å². The Morgan fingerprint density at radius 1 is 1.24 bits per heavy atom. The van der Waals surface area contributed by atoms with E-state index in [9.17, 15) is 22.7 Å². The molecule has 1 saturated carbocycles. The second-order valence-electron chi connectivity index (χ2n) is 8.35. The van der Waals surface area contributed by atoms with Crippen LogP contribution in [0.4, 0.5) is 10.1 Å². The molecule has 0 saturated heterocycles. The van der Waals surface area contributed by atoms with Crippen LogP contribution in [-0.2, 0) is 31.4 Å². The van der Waals surface area contributed by atoms with E-state index in [2.05, 4.69) is 10.3 Å². The Hall–Kier alpha value is -3.58. The lowest BCUT2D eigenvalue weighted by atomic mass is 10.2. The molecule has 1 fully saturated rings. The van der Waals surface area contributed by atoms with Crippen molar-refractivity contribution in [3.8, 4) is 0 Å². The highest BCUT2D eigenvalue weighted by Crippen LogP contribution is 2.45. The van der Waals surface area contributed by atoms with Gasteiger partial charge in [-0.05, 0) is 31.0 Å². The second-order valence-corrected chi connectivity index (χ2v) is 9.17. The number of aryl methyl sites for hydroxylation is 1. The van der Waals surface area contributed by atoms with Crippen molar-refractivity contribution >= 4 is 27.9 Å². The van der Waals surface area contributed by atoms with E-state index in [0.717, 1.165) is 8.87 Å². The van der Waals surface area contributed by atoms with E-state index in [1.807, 2.05) is 0 Å². The van der Waals surface area contributed by atoms with Crippen molar-refractivity contribution < 1.29 is 17.7 Å². The van der Waals surface area contributed by atoms with Crippen molar-refractivity contribution in [3.05, 3.63) is 75.0 Å². The summed E-state index contributed by atoms with van der Waals surface area (Å²) >= 11 is -2.50. The molecule has 0 spiro atoms. The van der Waals surface area contributed by atoms with E-state index < -0.39 is 34.7 Å². The molecule has 5 rings (SSSR count). The van der Waals surface area contributed by atoms with Crippen molar-refractivity contribution in [1.29, 1.82) is 0 Å². The minimum absolute atomic E-state index is 0.0199. The van der Waals surface area contributed by atoms with Gasteiger partial charge in [-0.15, -0.1) is 0 Å². The minimum atomic E-state index is -2.50. The molecule has 34 heavy (non-hydrogen) atoms. The molecular formula is C21H21FN6O5S. The molecule has 1 aliphatic rings. The van der Waals surface area contributed by atoms with Crippen LogP contribution in [-0.4, -0.2) is 45.0 Å². The summed E-state index contributed by atoms with van der Waals surface area (Å²) in [6.45, 7) is -0.800. The first-order valence-electron chi connectivity index (χ1n) is 10.4. The Kier molecular flexibility index (Phi) is 5.44. The van der Waals surface area contributed by atoms with Crippen molar-refractivity contribution in [2.75, 3.05) is 11.0 Å². The molecule has 0 aliphatic heterocycles. The fraction of sp³-hybridized carbons (Fsp3) is 0.333. The number of rotatable bonds is 8. The van der Waals surface area contributed by atoms with Gasteiger partial charge >= 0.3 is 5.69 Å². The fourth-order valence-corrected chi connectivity index (χ4v) is 4.97. The summed E-state index contributed by atoms with van der Waals surface area (Å²) in [6, 6.07) is 6.06. The van der Waals surface area contributed by atoms with Gasteiger partial charge in [0.05, 0.1) is 47.6 Å². The number of hydrogen-bond acceptors (Lipinski definition) is 6. The predicted octanol–water partition coefficient (Wildman–Crippen LogP) is 1.43. The van der Waals surface area contributed by atoms with E-state index in [1.54, 1.807) is 30.2 Å². The average molecular weight is 489 g/mol. The first kappa shape index (κ1) is 22.2. The highest BCUT2D eigenvalue weighted by atomic mass is 32.2. The van der Waals surface area contributed by atoms with Gasteiger partial charge < -0.3 is 4.52 Å². The number of nitrogens with zero attached hydrogens (tertiary/aromatic N) is 6. The number of fused-ring (bicyclic) bond motifs is 1. The summed E-state index contributed by atoms with van der Waals surface area (Å²) in [4.78, 5) is 26.8. The Balaban J connectivity index is 1.72. The lowest BCUT2D eigenvalue weighted by molar-refractivity contribution is 0.374. The quantitative estimate of drug-likeness (QED) is 0.372. The first-order chi connectivity index (χ1) is 16.3. The smallest absolute Gasteiger partial charge is 0.332 e. The minimum Gasteiger partial charge on any atom is -0.359 e. The average Bonchev–Trinajstić information content (AvgIpc) is 3.20. The van der Waals surface area contributed by atoms with Gasteiger partial charge in [-0.25, -0.2) is 13.4 Å². The summed E-state index contributed by atoms with van der Waals surface area (Å²) in [6.07, 6.45) is 5.55. The normalized spacial score (nSPS) is 15.5. The van der Waals surface area contributed by atoms with Crippen molar-refractivity contribution in [3.63, 3.8) is 0 Å². The third-order valence-electron chi connectivity index (χ3n) is 6.01. The van der Waals surface area contributed by atoms with Crippen molar-refractivity contribution in [2.24, 2.45) is 7.05 Å². The maximum Gasteiger partial charge on any atom is 0.332 e. The van der Waals surface area contributed by atoms with Crippen LogP contribution in [0.15, 0.2) is 57.0 Å². The molecule has 1 atom stereocenters. The van der Waals surface area contributed by atoms with Crippen molar-refractivity contribution in [1.82, 2.24) is 24.1 Å². The maximum atomic E-state index is 13.7. The Labute approximate surface area is 194 Å². The summed E-state index contributed by atoms with van der Waals surface area (Å²) in [5.74, 6) is 0.409. The molecule has 178 valence electrons. The van der Waals surface area contributed by atoms with Gasteiger partial charge in [0.15, 0.2) is 5.76 Å². The fourth-order valence-electron chi connectivity index (χ4n) is 4.11. The van der Waals surface area contributed by atoms with Crippen LogP contribution in [0.25, 0.3) is 10.9 Å². The number of alkyl halides is 1. The first-order valence-corrected chi connectivity index (χ1v) is 11.5. The molecule has 0 radical (unpaired) electrons. The number of benzene rings is 1. The topological polar surface area (TPSA) is 128 Å². The number of halogens is 1. The SMILES string of the molecule is Cn1cc(Cn2c(=O)c3cc(N(S(=O)O)C4(CF)CC4)ccc3n(Cc3ccno3)c2=O)cn1. The predicted molar refractivity (Wildman–Crippen MR) is 122 cm³/mol. The van der Waals surface area contributed by atoms with Crippen LogP contribution in [0.3, 0.4) is 0 Å². The van der Waals surface area contributed by atoms with Gasteiger partial charge in [0.2, 0.25) is 0 Å². The molecular weight excluding hydrogens is 467 g/mol. The molecule has 3 heterocycles. The van der Waals surface area contributed by atoms with Crippen LogP contribution in [0.5, 0.6) is 0 Å². The van der Waals surface area contributed by atoms with Gasteiger partial charge in [0.25, 0.3) is 16.8 Å². The summed E-state index contributed by atoms with van der Waals surface area (Å²) in [5.41, 5.74) is -1.03. The molecule has 0 amide bonds. The van der Waals surface area contributed by atoms with E-state index >= 15 is 0 Å². The molecule has 13 heteroatoms. The zero-order valence-corrected chi connectivity index (χ0v) is 18.9. The molecule has 1 aromatic carbocycles. The van der Waals surface area contributed by atoms with Crippen LogP contribution in [0, 0.1) is 0 Å². The maximum absolute atomic E-state index is 13.7. The number of anilines is 1. The lowest BCUT2D eigenvalue weighted by Crippen LogP contribution is -2.42. The third-order valence-corrected chi connectivity index (χ3v) is 6.92. The molecule has 11 nitrogen and oxygen atoms in total. The van der Waals surface area contributed by atoms with Gasteiger partial charge in [0.1, 0.15) is 6.67 Å².